The predicted molar refractivity (Wildman–Crippen MR) is 88.8 cm³/mol. The van der Waals surface area contributed by atoms with Crippen molar-refractivity contribution in [3.8, 4) is 5.75 Å². The van der Waals surface area contributed by atoms with Gasteiger partial charge in [-0.05, 0) is 52.8 Å². The van der Waals surface area contributed by atoms with Crippen LogP contribution in [0.5, 0.6) is 5.75 Å². The molecule has 0 aliphatic rings. The van der Waals surface area contributed by atoms with Gasteiger partial charge in [-0.1, -0.05) is 36.4 Å². The number of allylic oxidation sites excluding steroid dienone is 1. The topological polar surface area (TPSA) is 9.23 Å². The van der Waals surface area contributed by atoms with E-state index in [4.69, 9.17) is 4.74 Å². The van der Waals surface area contributed by atoms with Crippen molar-refractivity contribution in [2.45, 2.75) is 12.3 Å². The summed E-state index contributed by atoms with van der Waals surface area (Å²) in [5.74, 6) is 1.23. The van der Waals surface area contributed by atoms with Gasteiger partial charge in [0.1, 0.15) is 5.75 Å². The minimum atomic E-state index is 0.297. The average molecular weight is 364 g/mol. The molecule has 0 bridgehead atoms. The standard InChI is InChI=1S/C17H17IO/c1-3-6-15(13-9-11-14(18)12-10-13)16-7-4-5-8-17(16)19-2/h3-5,7-12,15H,1,6H2,2H3. The minimum absolute atomic E-state index is 0.297. The van der Waals surface area contributed by atoms with Gasteiger partial charge in [0.05, 0.1) is 7.11 Å². The third-order valence-corrected chi connectivity index (χ3v) is 3.91. The Morgan fingerprint density at radius 2 is 1.84 bits per heavy atom. The Hall–Kier alpha value is -1.29. The summed E-state index contributed by atoms with van der Waals surface area (Å²) in [6.07, 6.45) is 2.87. The van der Waals surface area contributed by atoms with Gasteiger partial charge < -0.3 is 4.74 Å². The molecule has 0 aromatic heterocycles. The summed E-state index contributed by atoms with van der Waals surface area (Å²) in [7, 11) is 1.72. The van der Waals surface area contributed by atoms with Crippen LogP contribution in [0.1, 0.15) is 23.5 Å². The predicted octanol–water partition coefficient (Wildman–Crippen LogP) is 5.01. The van der Waals surface area contributed by atoms with Crippen LogP contribution in [0, 0.1) is 3.57 Å². The zero-order valence-corrected chi connectivity index (χ0v) is 13.1. The smallest absolute Gasteiger partial charge is 0.122 e. The Kier molecular flexibility index (Phi) is 5.02. The Labute approximate surface area is 128 Å². The molecular formula is C17H17IO. The van der Waals surface area contributed by atoms with Crippen LogP contribution in [-0.2, 0) is 0 Å². The zero-order chi connectivity index (χ0) is 13.7. The van der Waals surface area contributed by atoms with Gasteiger partial charge in [0.25, 0.3) is 0 Å². The molecule has 2 heteroatoms. The van der Waals surface area contributed by atoms with Gasteiger partial charge in [-0.25, -0.2) is 0 Å². The highest BCUT2D eigenvalue weighted by Crippen LogP contribution is 2.34. The zero-order valence-electron chi connectivity index (χ0n) is 11.0. The third kappa shape index (κ3) is 3.38. The van der Waals surface area contributed by atoms with E-state index in [-0.39, 0.29) is 0 Å². The molecule has 0 fully saturated rings. The Morgan fingerprint density at radius 3 is 2.47 bits per heavy atom. The molecule has 0 spiro atoms. The monoisotopic (exact) mass is 364 g/mol. The fraction of sp³-hybridized carbons (Fsp3) is 0.176. The van der Waals surface area contributed by atoms with Gasteiger partial charge in [0.2, 0.25) is 0 Å². The summed E-state index contributed by atoms with van der Waals surface area (Å²) in [6.45, 7) is 3.88. The number of halogens is 1. The molecule has 1 unspecified atom stereocenters. The Bertz CT molecular complexity index is 545. The van der Waals surface area contributed by atoms with Gasteiger partial charge in [0.15, 0.2) is 0 Å². The first-order chi connectivity index (χ1) is 9.26. The molecule has 0 radical (unpaired) electrons. The summed E-state index contributed by atoms with van der Waals surface area (Å²) in [6, 6.07) is 16.8. The largest absolute Gasteiger partial charge is 0.496 e. The van der Waals surface area contributed by atoms with E-state index in [0.29, 0.717) is 5.92 Å². The van der Waals surface area contributed by atoms with Crippen molar-refractivity contribution in [2.24, 2.45) is 0 Å². The van der Waals surface area contributed by atoms with Crippen molar-refractivity contribution in [3.63, 3.8) is 0 Å². The Balaban J connectivity index is 2.44. The van der Waals surface area contributed by atoms with E-state index < -0.39 is 0 Å². The first-order valence-corrected chi connectivity index (χ1v) is 7.33. The molecule has 0 amide bonds. The first kappa shape index (κ1) is 14.1. The Morgan fingerprint density at radius 1 is 1.16 bits per heavy atom. The summed E-state index contributed by atoms with van der Waals surface area (Å²) in [4.78, 5) is 0. The van der Waals surface area contributed by atoms with Gasteiger partial charge in [-0.2, -0.15) is 0 Å². The summed E-state index contributed by atoms with van der Waals surface area (Å²) < 4.78 is 6.73. The van der Waals surface area contributed by atoms with E-state index in [1.165, 1.54) is 14.7 Å². The maximum absolute atomic E-state index is 5.48. The molecule has 1 nitrogen and oxygen atoms in total. The summed E-state index contributed by atoms with van der Waals surface area (Å²) >= 11 is 2.33. The highest BCUT2D eigenvalue weighted by atomic mass is 127. The van der Waals surface area contributed by atoms with Crippen LogP contribution in [0.4, 0.5) is 0 Å². The number of hydrogen-bond donors (Lipinski definition) is 0. The molecule has 0 N–H and O–H groups in total. The van der Waals surface area contributed by atoms with Gasteiger partial charge >= 0.3 is 0 Å². The van der Waals surface area contributed by atoms with Crippen LogP contribution in [0.25, 0.3) is 0 Å². The van der Waals surface area contributed by atoms with Gasteiger partial charge in [-0.3, -0.25) is 0 Å². The number of hydrogen-bond acceptors (Lipinski definition) is 1. The maximum Gasteiger partial charge on any atom is 0.122 e. The molecular weight excluding hydrogens is 347 g/mol. The lowest BCUT2D eigenvalue weighted by molar-refractivity contribution is 0.407. The van der Waals surface area contributed by atoms with Crippen LogP contribution < -0.4 is 4.74 Å². The second-order valence-corrected chi connectivity index (χ2v) is 5.62. The van der Waals surface area contributed by atoms with E-state index in [9.17, 15) is 0 Å². The number of methoxy groups -OCH3 is 1. The second-order valence-electron chi connectivity index (χ2n) is 4.37. The lowest BCUT2D eigenvalue weighted by Crippen LogP contribution is -2.02. The van der Waals surface area contributed by atoms with Crippen molar-refractivity contribution in [1.29, 1.82) is 0 Å². The van der Waals surface area contributed by atoms with Crippen molar-refractivity contribution >= 4 is 22.6 Å². The van der Waals surface area contributed by atoms with Crippen LogP contribution in [0.2, 0.25) is 0 Å². The van der Waals surface area contributed by atoms with E-state index >= 15 is 0 Å². The molecule has 1 atom stereocenters. The number of ether oxygens (including phenoxy) is 1. The lowest BCUT2D eigenvalue weighted by atomic mass is 9.88. The number of rotatable bonds is 5. The van der Waals surface area contributed by atoms with E-state index in [0.717, 1.165) is 12.2 Å². The lowest BCUT2D eigenvalue weighted by Gasteiger charge is -2.19. The molecule has 0 aliphatic heterocycles. The highest BCUT2D eigenvalue weighted by Gasteiger charge is 2.16. The number of para-hydroxylation sites is 1. The van der Waals surface area contributed by atoms with E-state index in [1.807, 2.05) is 18.2 Å². The van der Waals surface area contributed by atoms with Crippen molar-refractivity contribution in [3.05, 3.63) is 75.9 Å². The van der Waals surface area contributed by atoms with E-state index in [1.54, 1.807) is 7.11 Å². The maximum atomic E-state index is 5.48. The van der Waals surface area contributed by atoms with E-state index in [2.05, 4.69) is 65.6 Å². The van der Waals surface area contributed by atoms with Crippen LogP contribution in [-0.4, -0.2) is 7.11 Å². The van der Waals surface area contributed by atoms with Gasteiger partial charge in [-0.15, -0.1) is 6.58 Å². The molecule has 98 valence electrons. The fourth-order valence-electron chi connectivity index (χ4n) is 2.26. The van der Waals surface area contributed by atoms with Crippen LogP contribution >= 0.6 is 22.6 Å². The van der Waals surface area contributed by atoms with Crippen molar-refractivity contribution in [1.82, 2.24) is 0 Å². The second kappa shape index (κ2) is 6.75. The fourth-order valence-corrected chi connectivity index (χ4v) is 2.62. The molecule has 2 aromatic rings. The number of benzene rings is 2. The van der Waals surface area contributed by atoms with Crippen LogP contribution in [0.3, 0.4) is 0 Å². The third-order valence-electron chi connectivity index (χ3n) is 3.19. The quantitative estimate of drug-likeness (QED) is 0.536. The highest BCUT2D eigenvalue weighted by molar-refractivity contribution is 14.1. The summed E-state index contributed by atoms with van der Waals surface area (Å²) in [5.41, 5.74) is 2.51. The average Bonchev–Trinajstić information content (AvgIpc) is 2.46. The molecule has 2 rings (SSSR count). The molecule has 0 saturated heterocycles. The van der Waals surface area contributed by atoms with Crippen molar-refractivity contribution in [2.75, 3.05) is 7.11 Å². The van der Waals surface area contributed by atoms with Gasteiger partial charge in [0, 0.05) is 15.1 Å². The molecule has 0 heterocycles. The molecule has 0 saturated carbocycles. The molecule has 19 heavy (non-hydrogen) atoms. The SMILES string of the molecule is C=CCC(c1ccc(I)cc1)c1ccccc1OC. The first-order valence-electron chi connectivity index (χ1n) is 6.25. The normalized spacial score (nSPS) is 11.9. The summed E-state index contributed by atoms with van der Waals surface area (Å²) in [5, 5.41) is 0. The minimum Gasteiger partial charge on any atom is -0.496 e. The molecule has 0 aliphatic carbocycles. The van der Waals surface area contributed by atoms with Crippen LogP contribution in [0.15, 0.2) is 61.2 Å². The van der Waals surface area contributed by atoms with Crippen molar-refractivity contribution < 1.29 is 4.74 Å². The molecule has 2 aromatic carbocycles.